The van der Waals surface area contributed by atoms with Gasteiger partial charge in [0.05, 0.1) is 19.4 Å². The third-order valence-corrected chi connectivity index (χ3v) is 6.19. The van der Waals surface area contributed by atoms with Gasteiger partial charge >= 0.3 is 0 Å². The van der Waals surface area contributed by atoms with Crippen LogP contribution in [0.25, 0.3) is 6.08 Å². The van der Waals surface area contributed by atoms with E-state index in [1.165, 1.54) is 19.3 Å². The molecule has 0 radical (unpaired) electrons. The predicted molar refractivity (Wildman–Crippen MR) is 95.2 cm³/mol. The number of methoxy groups -OCH3 is 1. The maximum atomic E-state index is 12.6. The summed E-state index contributed by atoms with van der Waals surface area (Å²) in [5, 5.41) is 10.8. The molecular formula is C16H17NO6S2. The van der Waals surface area contributed by atoms with Crippen LogP contribution in [0.1, 0.15) is 5.56 Å². The molecule has 0 spiro atoms. The van der Waals surface area contributed by atoms with Crippen molar-refractivity contribution in [3.63, 3.8) is 0 Å². The van der Waals surface area contributed by atoms with Crippen molar-refractivity contribution in [2.24, 2.45) is 0 Å². The lowest BCUT2D eigenvalue weighted by molar-refractivity contribution is 0.165. The van der Waals surface area contributed by atoms with Gasteiger partial charge in [-0.15, -0.1) is 11.3 Å². The SMILES string of the molecule is COc1c(/C=C/CO)c(NS(=O)(=O)c2cccs2)cc2c1OCCO2. The molecule has 0 bridgehead atoms. The largest absolute Gasteiger partial charge is 0.492 e. The van der Waals surface area contributed by atoms with E-state index < -0.39 is 10.0 Å². The van der Waals surface area contributed by atoms with Crippen LogP contribution in [-0.4, -0.2) is 40.5 Å². The molecule has 0 fully saturated rings. The maximum Gasteiger partial charge on any atom is 0.271 e. The van der Waals surface area contributed by atoms with Crippen molar-refractivity contribution >= 4 is 33.1 Å². The van der Waals surface area contributed by atoms with Crippen molar-refractivity contribution in [3.8, 4) is 17.2 Å². The summed E-state index contributed by atoms with van der Waals surface area (Å²) in [5.41, 5.74) is 0.722. The number of fused-ring (bicyclic) bond motifs is 1. The van der Waals surface area contributed by atoms with Crippen LogP contribution in [0.2, 0.25) is 0 Å². The van der Waals surface area contributed by atoms with E-state index in [0.29, 0.717) is 36.0 Å². The number of sulfonamides is 1. The Labute approximate surface area is 149 Å². The van der Waals surface area contributed by atoms with Crippen LogP contribution in [0.5, 0.6) is 17.2 Å². The van der Waals surface area contributed by atoms with Crippen molar-refractivity contribution in [2.45, 2.75) is 4.21 Å². The molecule has 1 aliphatic rings. The third kappa shape index (κ3) is 3.58. The lowest BCUT2D eigenvalue weighted by Gasteiger charge is -2.24. The van der Waals surface area contributed by atoms with Gasteiger partial charge in [0.2, 0.25) is 5.75 Å². The van der Waals surface area contributed by atoms with Crippen molar-refractivity contribution in [3.05, 3.63) is 35.2 Å². The highest BCUT2D eigenvalue weighted by Crippen LogP contribution is 2.46. The lowest BCUT2D eigenvalue weighted by atomic mass is 10.1. The summed E-state index contributed by atoms with van der Waals surface area (Å²) in [5.74, 6) is 1.14. The molecule has 0 unspecified atom stereocenters. The smallest absolute Gasteiger partial charge is 0.271 e. The molecule has 1 aromatic carbocycles. The van der Waals surface area contributed by atoms with E-state index in [2.05, 4.69) is 4.72 Å². The number of aliphatic hydroxyl groups excluding tert-OH is 1. The molecule has 0 saturated heterocycles. The minimum absolute atomic E-state index is 0.193. The Morgan fingerprint density at radius 1 is 1.40 bits per heavy atom. The average molecular weight is 383 g/mol. The second-order valence-electron chi connectivity index (χ2n) is 5.02. The molecule has 0 aliphatic carbocycles. The molecule has 7 nitrogen and oxygen atoms in total. The minimum Gasteiger partial charge on any atom is -0.492 e. The van der Waals surface area contributed by atoms with Gasteiger partial charge in [0.1, 0.15) is 17.4 Å². The Hall–Kier alpha value is -2.23. The number of rotatable bonds is 6. The molecule has 134 valence electrons. The summed E-state index contributed by atoms with van der Waals surface area (Å²) >= 11 is 1.12. The molecule has 25 heavy (non-hydrogen) atoms. The van der Waals surface area contributed by atoms with Crippen LogP contribution < -0.4 is 18.9 Å². The number of anilines is 1. The highest BCUT2D eigenvalue weighted by atomic mass is 32.2. The monoisotopic (exact) mass is 383 g/mol. The number of hydrogen-bond acceptors (Lipinski definition) is 7. The summed E-state index contributed by atoms with van der Waals surface area (Å²) < 4.78 is 44.5. The Morgan fingerprint density at radius 3 is 2.88 bits per heavy atom. The first-order valence-electron chi connectivity index (χ1n) is 7.41. The molecule has 0 atom stereocenters. The number of hydrogen-bond donors (Lipinski definition) is 2. The normalized spacial score (nSPS) is 13.8. The first-order valence-corrected chi connectivity index (χ1v) is 9.77. The minimum atomic E-state index is -3.75. The molecular weight excluding hydrogens is 366 g/mol. The van der Waals surface area contributed by atoms with E-state index in [0.717, 1.165) is 11.3 Å². The quantitative estimate of drug-likeness (QED) is 0.795. The van der Waals surface area contributed by atoms with Gasteiger partial charge in [-0.05, 0) is 11.4 Å². The second kappa shape index (κ2) is 7.34. The van der Waals surface area contributed by atoms with Crippen LogP contribution in [0.15, 0.2) is 33.9 Å². The average Bonchev–Trinajstić information content (AvgIpc) is 3.14. The molecule has 1 aromatic heterocycles. The van der Waals surface area contributed by atoms with Crippen molar-refractivity contribution in [1.82, 2.24) is 0 Å². The fourth-order valence-corrected chi connectivity index (χ4v) is 4.47. The van der Waals surface area contributed by atoms with Gasteiger partial charge in [0.15, 0.2) is 11.5 Å². The molecule has 3 rings (SSSR count). The maximum absolute atomic E-state index is 12.6. The molecule has 0 amide bonds. The zero-order valence-electron chi connectivity index (χ0n) is 13.4. The van der Waals surface area contributed by atoms with Gasteiger partial charge in [-0.2, -0.15) is 0 Å². The lowest BCUT2D eigenvalue weighted by Crippen LogP contribution is -2.18. The molecule has 0 saturated carbocycles. The van der Waals surface area contributed by atoms with Gasteiger partial charge in [0, 0.05) is 11.6 Å². The number of nitrogens with one attached hydrogen (secondary N) is 1. The molecule has 2 aromatic rings. The summed E-state index contributed by atoms with van der Waals surface area (Å²) in [6, 6.07) is 4.74. The second-order valence-corrected chi connectivity index (χ2v) is 7.87. The van der Waals surface area contributed by atoms with Gasteiger partial charge < -0.3 is 19.3 Å². The van der Waals surface area contributed by atoms with Crippen LogP contribution in [-0.2, 0) is 10.0 Å². The van der Waals surface area contributed by atoms with Crippen molar-refractivity contribution in [1.29, 1.82) is 0 Å². The Kier molecular flexibility index (Phi) is 5.16. The summed E-state index contributed by atoms with van der Waals surface area (Å²) in [6.07, 6.45) is 3.06. The van der Waals surface area contributed by atoms with E-state index in [-0.39, 0.29) is 16.5 Å². The van der Waals surface area contributed by atoms with Gasteiger partial charge in [0.25, 0.3) is 10.0 Å². The fourth-order valence-electron chi connectivity index (χ4n) is 2.40. The Bertz CT molecular complexity index is 875. The molecule has 2 N–H and O–H groups in total. The predicted octanol–water partition coefficient (Wildman–Crippen LogP) is 2.33. The zero-order valence-corrected chi connectivity index (χ0v) is 15.0. The highest BCUT2D eigenvalue weighted by Gasteiger charge is 2.25. The number of aliphatic hydroxyl groups is 1. The van der Waals surface area contributed by atoms with E-state index in [1.807, 2.05) is 0 Å². The van der Waals surface area contributed by atoms with Crippen LogP contribution in [0, 0.1) is 0 Å². The first-order chi connectivity index (χ1) is 12.1. The topological polar surface area (TPSA) is 94.1 Å². The van der Waals surface area contributed by atoms with Crippen molar-refractivity contribution < 1.29 is 27.7 Å². The standard InChI is InChI=1S/C16H17NO6S2/c1-21-15-11(4-2-6-18)12(10-13-16(15)23-8-7-22-13)17-25(19,20)14-5-3-9-24-14/h2-5,9-10,17-18H,6-8H2,1H3/b4-2+. The first kappa shape index (κ1) is 17.6. The summed E-state index contributed by atoms with van der Waals surface area (Å²) in [6.45, 7) is 0.528. The van der Waals surface area contributed by atoms with E-state index in [9.17, 15) is 8.42 Å². The van der Waals surface area contributed by atoms with E-state index in [1.54, 1.807) is 23.6 Å². The van der Waals surface area contributed by atoms with Crippen molar-refractivity contribution in [2.75, 3.05) is 31.7 Å². The van der Waals surface area contributed by atoms with Crippen LogP contribution >= 0.6 is 11.3 Å². The Morgan fingerprint density at radius 2 is 2.20 bits per heavy atom. The van der Waals surface area contributed by atoms with Gasteiger partial charge in [-0.1, -0.05) is 18.2 Å². The van der Waals surface area contributed by atoms with E-state index >= 15 is 0 Å². The highest BCUT2D eigenvalue weighted by molar-refractivity contribution is 7.94. The van der Waals surface area contributed by atoms with Gasteiger partial charge in [-0.25, -0.2) is 8.42 Å². The zero-order chi connectivity index (χ0) is 17.9. The number of benzene rings is 1. The summed E-state index contributed by atoms with van der Waals surface area (Å²) in [7, 11) is -2.29. The fraction of sp³-hybridized carbons (Fsp3) is 0.250. The molecule has 1 aliphatic heterocycles. The number of ether oxygens (including phenoxy) is 3. The third-order valence-electron chi connectivity index (χ3n) is 3.43. The summed E-state index contributed by atoms with van der Waals surface area (Å²) in [4.78, 5) is 0. The molecule has 9 heteroatoms. The Balaban J connectivity index is 2.12. The van der Waals surface area contributed by atoms with Gasteiger partial charge in [-0.3, -0.25) is 4.72 Å². The van der Waals surface area contributed by atoms with Crippen LogP contribution in [0.4, 0.5) is 5.69 Å². The number of thiophene rings is 1. The van der Waals surface area contributed by atoms with E-state index in [4.69, 9.17) is 19.3 Å². The van der Waals surface area contributed by atoms with Crippen LogP contribution in [0.3, 0.4) is 0 Å². The molecule has 2 heterocycles.